The third-order valence-corrected chi connectivity index (χ3v) is 7.21. The van der Waals surface area contributed by atoms with E-state index < -0.39 is 23.2 Å². The maximum absolute atomic E-state index is 14.4. The van der Waals surface area contributed by atoms with Crippen molar-refractivity contribution in [1.29, 1.82) is 10.5 Å². The van der Waals surface area contributed by atoms with Crippen molar-refractivity contribution in [3.63, 3.8) is 0 Å². The second-order valence-corrected chi connectivity index (χ2v) is 9.29. The summed E-state index contributed by atoms with van der Waals surface area (Å²) in [5.74, 6) is -1.85. The Morgan fingerprint density at radius 2 is 1.05 bits per heavy atom. The molecule has 0 aliphatic heterocycles. The van der Waals surface area contributed by atoms with Crippen molar-refractivity contribution in [2.75, 3.05) is 0 Å². The molecule has 0 fully saturated rings. The second kappa shape index (κ2) is 8.16. The summed E-state index contributed by atoms with van der Waals surface area (Å²) in [6.45, 7) is 2.60. The third-order valence-electron chi connectivity index (χ3n) is 7.21. The molecular formula is C32H16F2N2O2. The molecule has 4 aromatic carbocycles. The lowest BCUT2D eigenvalue weighted by molar-refractivity contribution is -0.114. The maximum Gasteiger partial charge on any atom is 0.170 e. The van der Waals surface area contributed by atoms with E-state index in [9.17, 15) is 28.9 Å². The van der Waals surface area contributed by atoms with Gasteiger partial charge in [-0.1, -0.05) is 36.4 Å². The molecule has 0 heterocycles. The second-order valence-electron chi connectivity index (χ2n) is 9.29. The smallest absolute Gasteiger partial charge is 0.170 e. The molecule has 180 valence electrons. The number of ketones is 2. The quantitative estimate of drug-likeness (QED) is 0.192. The van der Waals surface area contributed by atoms with Crippen LogP contribution < -0.4 is 0 Å². The van der Waals surface area contributed by atoms with Crippen molar-refractivity contribution in [2.24, 2.45) is 0 Å². The Labute approximate surface area is 216 Å². The highest BCUT2D eigenvalue weighted by Gasteiger charge is 2.34. The molecule has 0 unspecified atom stereocenters. The van der Waals surface area contributed by atoms with Gasteiger partial charge in [0.25, 0.3) is 0 Å². The van der Waals surface area contributed by atoms with Crippen molar-refractivity contribution in [2.45, 2.75) is 13.8 Å². The van der Waals surface area contributed by atoms with Crippen LogP contribution in [0.2, 0.25) is 0 Å². The Morgan fingerprint density at radius 3 is 1.63 bits per heavy atom. The lowest BCUT2D eigenvalue weighted by atomic mass is 9.89. The SMILES string of the molecule is CC(=O)/C(C#N)=C1\c2cc(F)ccc2-c2c1ccc1c3c(ccc21)-c1ccc(F)cc1/C3=C(/C#N)C(C)=O. The average Bonchev–Trinajstić information content (AvgIpc) is 3.37. The summed E-state index contributed by atoms with van der Waals surface area (Å²) in [6, 6.07) is 19.9. The molecule has 2 aliphatic rings. The third kappa shape index (κ3) is 3.04. The van der Waals surface area contributed by atoms with Crippen LogP contribution >= 0.6 is 0 Å². The molecule has 0 amide bonds. The normalized spacial score (nSPS) is 15.1. The maximum atomic E-state index is 14.4. The molecule has 6 heteroatoms. The van der Waals surface area contributed by atoms with Crippen LogP contribution in [-0.4, -0.2) is 11.6 Å². The van der Waals surface area contributed by atoms with Crippen LogP contribution in [0.5, 0.6) is 0 Å². The minimum Gasteiger partial charge on any atom is -0.294 e. The van der Waals surface area contributed by atoms with Gasteiger partial charge in [-0.2, -0.15) is 10.5 Å². The first-order valence-corrected chi connectivity index (χ1v) is 11.8. The molecule has 0 saturated carbocycles. The van der Waals surface area contributed by atoms with Gasteiger partial charge in [0.05, 0.1) is 0 Å². The summed E-state index contributed by atoms with van der Waals surface area (Å²) >= 11 is 0. The summed E-state index contributed by atoms with van der Waals surface area (Å²) in [6.07, 6.45) is 0. The summed E-state index contributed by atoms with van der Waals surface area (Å²) in [7, 11) is 0. The molecule has 4 nitrogen and oxygen atoms in total. The number of hydrogen-bond donors (Lipinski definition) is 0. The first-order chi connectivity index (χ1) is 18.3. The number of fused-ring (bicyclic) bond motifs is 9. The van der Waals surface area contributed by atoms with Gasteiger partial charge in [0.2, 0.25) is 0 Å². The van der Waals surface area contributed by atoms with E-state index in [2.05, 4.69) is 0 Å². The van der Waals surface area contributed by atoms with Crippen LogP contribution in [0.3, 0.4) is 0 Å². The van der Waals surface area contributed by atoms with E-state index in [4.69, 9.17) is 0 Å². The van der Waals surface area contributed by atoms with Gasteiger partial charge in [0, 0.05) is 11.1 Å². The van der Waals surface area contributed by atoms with E-state index in [0.717, 1.165) is 10.9 Å². The predicted octanol–water partition coefficient (Wildman–Crippen LogP) is 6.91. The van der Waals surface area contributed by atoms with Crippen molar-refractivity contribution in [3.8, 4) is 34.4 Å². The van der Waals surface area contributed by atoms with Crippen LogP contribution in [0.25, 0.3) is 44.2 Å². The zero-order valence-corrected chi connectivity index (χ0v) is 20.2. The summed E-state index contributed by atoms with van der Waals surface area (Å²) in [5.41, 5.74) is 5.59. The van der Waals surface area contributed by atoms with E-state index >= 15 is 0 Å². The van der Waals surface area contributed by atoms with E-state index in [1.807, 2.05) is 30.3 Å². The molecule has 0 bridgehead atoms. The Morgan fingerprint density at radius 1 is 0.579 bits per heavy atom. The average molecular weight is 498 g/mol. The van der Waals surface area contributed by atoms with Crippen molar-refractivity contribution in [3.05, 3.63) is 106 Å². The van der Waals surface area contributed by atoms with Crippen LogP contribution in [-0.2, 0) is 9.59 Å². The fraction of sp³-hybridized carbons (Fsp3) is 0.0625. The van der Waals surface area contributed by atoms with Gasteiger partial charge in [-0.15, -0.1) is 0 Å². The zero-order chi connectivity index (χ0) is 26.9. The highest BCUT2D eigenvalue weighted by atomic mass is 19.1. The molecule has 2 aliphatic carbocycles. The van der Waals surface area contributed by atoms with E-state index in [-0.39, 0.29) is 11.1 Å². The number of Topliss-reactive ketones (excluding diaryl/α,β-unsaturated/α-hetero) is 2. The number of allylic oxidation sites excluding steroid dienone is 2. The molecule has 0 aromatic heterocycles. The summed E-state index contributed by atoms with van der Waals surface area (Å²) in [5, 5.41) is 21.1. The fourth-order valence-electron chi connectivity index (χ4n) is 5.73. The topological polar surface area (TPSA) is 81.7 Å². The van der Waals surface area contributed by atoms with Crippen molar-refractivity contribution < 1.29 is 18.4 Å². The lowest BCUT2D eigenvalue weighted by Crippen LogP contribution is -2.00. The molecule has 0 atom stereocenters. The van der Waals surface area contributed by atoms with E-state index in [1.54, 1.807) is 18.2 Å². The number of nitrogens with zero attached hydrogens (tertiary/aromatic N) is 2. The number of carbonyl (C=O) groups excluding carboxylic acids is 2. The highest BCUT2D eigenvalue weighted by molar-refractivity contribution is 6.23. The van der Waals surface area contributed by atoms with Gasteiger partial charge in [0.1, 0.15) is 34.9 Å². The summed E-state index contributed by atoms with van der Waals surface area (Å²) < 4.78 is 28.7. The Bertz CT molecular complexity index is 1970. The Balaban J connectivity index is 1.79. The molecule has 38 heavy (non-hydrogen) atoms. The first kappa shape index (κ1) is 23.2. The van der Waals surface area contributed by atoms with Crippen LogP contribution in [0.1, 0.15) is 36.1 Å². The highest BCUT2D eigenvalue weighted by Crippen LogP contribution is 2.54. The van der Waals surface area contributed by atoms with Gasteiger partial charge in [-0.25, -0.2) is 8.78 Å². The number of rotatable bonds is 2. The minimum atomic E-state index is -0.497. The zero-order valence-electron chi connectivity index (χ0n) is 20.2. The number of halogens is 2. The monoisotopic (exact) mass is 498 g/mol. The largest absolute Gasteiger partial charge is 0.294 e. The molecule has 0 spiro atoms. The number of carbonyl (C=O) groups is 2. The number of benzene rings is 4. The van der Waals surface area contributed by atoms with Gasteiger partial charge in [-0.05, 0) is 93.4 Å². The van der Waals surface area contributed by atoms with Gasteiger partial charge in [0.15, 0.2) is 11.6 Å². The van der Waals surface area contributed by atoms with Crippen LogP contribution in [0, 0.1) is 34.3 Å². The number of nitriles is 2. The van der Waals surface area contributed by atoms with Gasteiger partial charge < -0.3 is 0 Å². The Kier molecular flexibility index (Phi) is 4.99. The summed E-state index contributed by atoms with van der Waals surface area (Å²) in [4.78, 5) is 24.9. The minimum absolute atomic E-state index is 0.0667. The molecule has 4 aromatic rings. The van der Waals surface area contributed by atoms with Gasteiger partial charge >= 0.3 is 0 Å². The standard InChI is InChI=1S/C32H16F2N2O2/c1-15(37)27(13-35)30-24-10-9-22-21(29(24)23-6-4-18(34)12-26(23)30)8-7-20-19-5-3-17(33)11-25(19)32(31(20)22)28(14-36)16(2)38/h3-12H,1-2H3/b30-27-,32-28+. The van der Waals surface area contributed by atoms with Crippen LogP contribution in [0.15, 0.2) is 71.8 Å². The molecule has 6 rings (SSSR count). The van der Waals surface area contributed by atoms with E-state index in [1.165, 1.54) is 38.1 Å². The Hall–Kier alpha value is -5.20. The van der Waals surface area contributed by atoms with Crippen molar-refractivity contribution >= 4 is 33.5 Å². The predicted molar refractivity (Wildman–Crippen MR) is 139 cm³/mol. The first-order valence-electron chi connectivity index (χ1n) is 11.8. The van der Waals surface area contributed by atoms with Gasteiger partial charge in [-0.3, -0.25) is 9.59 Å². The molecular weight excluding hydrogens is 482 g/mol. The molecule has 0 radical (unpaired) electrons. The van der Waals surface area contributed by atoms with E-state index in [0.29, 0.717) is 55.5 Å². The molecule has 0 saturated heterocycles. The molecule has 0 N–H and O–H groups in total. The van der Waals surface area contributed by atoms with Crippen molar-refractivity contribution in [1.82, 2.24) is 0 Å². The van der Waals surface area contributed by atoms with Crippen LogP contribution in [0.4, 0.5) is 8.78 Å². The number of hydrogen-bond acceptors (Lipinski definition) is 4. The lowest BCUT2D eigenvalue weighted by Gasteiger charge is -2.13. The fourth-order valence-corrected chi connectivity index (χ4v) is 5.73.